The molecule has 16 heavy (non-hydrogen) atoms. The van der Waals surface area contributed by atoms with Gasteiger partial charge in [-0.25, -0.2) is 0 Å². The van der Waals surface area contributed by atoms with Gasteiger partial charge in [0.2, 0.25) is 5.91 Å². The van der Waals surface area contributed by atoms with Gasteiger partial charge in [0, 0.05) is 19.0 Å². The first-order valence-corrected chi connectivity index (χ1v) is 5.83. The molecule has 1 fully saturated rings. The summed E-state index contributed by atoms with van der Waals surface area (Å²) in [6.07, 6.45) is 2.51. The van der Waals surface area contributed by atoms with Gasteiger partial charge in [0.25, 0.3) is 0 Å². The van der Waals surface area contributed by atoms with Crippen molar-refractivity contribution in [2.75, 3.05) is 6.54 Å². The Morgan fingerprint density at radius 3 is 2.50 bits per heavy atom. The highest BCUT2D eigenvalue weighted by Gasteiger charge is 2.35. The fraction of sp³-hybridized carbons (Fsp3) is 0.833. The molecular weight excluding hydrogens is 206 g/mol. The van der Waals surface area contributed by atoms with E-state index in [9.17, 15) is 9.59 Å². The summed E-state index contributed by atoms with van der Waals surface area (Å²) in [5.41, 5.74) is -0.189. The Morgan fingerprint density at radius 2 is 2.06 bits per heavy atom. The Hall–Kier alpha value is -1.06. The first-order chi connectivity index (χ1) is 7.32. The van der Waals surface area contributed by atoms with Gasteiger partial charge < -0.3 is 10.0 Å². The van der Waals surface area contributed by atoms with Gasteiger partial charge in [0.05, 0.1) is 6.42 Å². The lowest BCUT2D eigenvalue weighted by molar-refractivity contribution is -0.144. The minimum absolute atomic E-state index is 0.0369. The first kappa shape index (κ1) is 13.0. The van der Waals surface area contributed by atoms with Crippen LogP contribution in [0, 0.1) is 5.41 Å². The third-order valence-electron chi connectivity index (χ3n) is 3.10. The second kappa shape index (κ2) is 4.85. The largest absolute Gasteiger partial charge is 0.481 e. The molecule has 0 saturated carbocycles. The number of hydrogen-bond acceptors (Lipinski definition) is 2. The Morgan fingerprint density at radius 1 is 1.44 bits per heavy atom. The van der Waals surface area contributed by atoms with Crippen LogP contribution in [-0.4, -0.2) is 34.5 Å². The Bertz CT molecular complexity index is 280. The molecule has 4 heteroatoms. The zero-order valence-corrected chi connectivity index (χ0v) is 10.3. The predicted molar refractivity (Wildman–Crippen MR) is 61.1 cm³/mol. The minimum atomic E-state index is -0.835. The highest BCUT2D eigenvalue weighted by atomic mass is 16.4. The number of rotatable bonds is 3. The molecule has 0 radical (unpaired) electrons. The number of carboxylic acid groups (broad SMARTS) is 1. The van der Waals surface area contributed by atoms with Crippen LogP contribution in [0.3, 0.4) is 0 Å². The molecule has 92 valence electrons. The van der Waals surface area contributed by atoms with E-state index >= 15 is 0 Å². The van der Waals surface area contributed by atoms with E-state index in [2.05, 4.69) is 0 Å². The SMILES string of the molecule is CC(C)(C)C(CC(=O)O)N1CCCCC1=O. The summed E-state index contributed by atoms with van der Waals surface area (Å²) in [5, 5.41) is 8.93. The molecule has 0 aliphatic carbocycles. The molecule has 1 heterocycles. The van der Waals surface area contributed by atoms with Crippen molar-refractivity contribution in [3.05, 3.63) is 0 Å². The monoisotopic (exact) mass is 227 g/mol. The van der Waals surface area contributed by atoms with E-state index in [1.54, 1.807) is 4.90 Å². The van der Waals surface area contributed by atoms with Crippen LogP contribution < -0.4 is 0 Å². The van der Waals surface area contributed by atoms with E-state index in [0.717, 1.165) is 12.8 Å². The summed E-state index contributed by atoms with van der Waals surface area (Å²) < 4.78 is 0. The highest BCUT2D eigenvalue weighted by molar-refractivity contribution is 5.78. The summed E-state index contributed by atoms with van der Waals surface area (Å²) in [4.78, 5) is 24.4. The third kappa shape index (κ3) is 3.22. The normalized spacial score (nSPS) is 19.7. The van der Waals surface area contributed by atoms with Crippen LogP contribution >= 0.6 is 0 Å². The molecule has 1 atom stereocenters. The van der Waals surface area contributed by atoms with E-state index in [4.69, 9.17) is 5.11 Å². The van der Waals surface area contributed by atoms with Gasteiger partial charge in [-0.05, 0) is 18.3 Å². The van der Waals surface area contributed by atoms with Crippen LogP contribution in [0.15, 0.2) is 0 Å². The van der Waals surface area contributed by atoms with Gasteiger partial charge in [-0.15, -0.1) is 0 Å². The van der Waals surface area contributed by atoms with Crippen molar-refractivity contribution in [1.82, 2.24) is 4.90 Å². The maximum Gasteiger partial charge on any atom is 0.305 e. The third-order valence-corrected chi connectivity index (χ3v) is 3.10. The van der Waals surface area contributed by atoms with Crippen molar-refractivity contribution in [1.29, 1.82) is 0 Å². The molecule has 1 rings (SSSR count). The molecule has 1 aliphatic heterocycles. The summed E-state index contributed by atoms with van der Waals surface area (Å²) in [6.45, 7) is 6.67. The maximum atomic E-state index is 11.8. The topological polar surface area (TPSA) is 57.6 Å². The Balaban J connectivity index is 2.82. The minimum Gasteiger partial charge on any atom is -0.481 e. The molecule has 1 aliphatic rings. The lowest BCUT2D eigenvalue weighted by Gasteiger charge is -2.41. The number of amides is 1. The summed E-state index contributed by atoms with van der Waals surface area (Å²) >= 11 is 0. The molecule has 0 bridgehead atoms. The molecule has 1 amide bonds. The smallest absolute Gasteiger partial charge is 0.305 e. The second-order valence-corrected chi connectivity index (χ2v) is 5.52. The van der Waals surface area contributed by atoms with Crippen LogP contribution in [0.5, 0.6) is 0 Å². The quantitative estimate of drug-likeness (QED) is 0.801. The lowest BCUT2D eigenvalue weighted by Crippen LogP contribution is -2.50. The van der Waals surface area contributed by atoms with E-state index in [1.807, 2.05) is 20.8 Å². The average Bonchev–Trinajstić information content (AvgIpc) is 2.13. The summed E-state index contributed by atoms with van der Waals surface area (Å²) in [6, 6.07) is -0.196. The van der Waals surface area contributed by atoms with Crippen molar-refractivity contribution in [3.63, 3.8) is 0 Å². The van der Waals surface area contributed by atoms with Gasteiger partial charge in [-0.3, -0.25) is 9.59 Å². The van der Waals surface area contributed by atoms with Crippen LogP contribution in [-0.2, 0) is 9.59 Å². The van der Waals surface area contributed by atoms with E-state index in [0.29, 0.717) is 13.0 Å². The molecule has 1 unspecified atom stereocenters. The summed E-state index contributed by atoms with van der Waals surface area (Å²) in [7, 11) is 0. The fourth-order valence-corrected chi connectivity index (χ4v) is 2.21. The van der Waals surface area contributed by atoms with Gasteiger partial charge in [0.15, 0.2) is 0 Å². The number of carbonyl (C=O) groups is 2. The van der Waals surface area contributed by atoms with Crippen LogP contribution in [0.4, 0.5) is 0 Å². The zero-order chi connectivity index (χ0) is 12.3. The van der Waals surface area contributed by atoms with Crippen molar-refractivity contribution in [2.45, 2.75) is 52.5 Å². The number of nitrogens with zero attached hydrogens (tertiary/aromatic N) is 1. The van der Waals surface area contributed by atoms with Gasteiger partial charge in [-0.2, -0.15) is 0 Å². The Labute approximate surface area is 96.6 Å². The number of likely N-dealkylation sites (tertiary alicyclic amines) is 1. The molecule has 4 nitrogen and oxygen atoms in total. The standard InChI is InChI=1S/C12H21NO3/c1-12(2,3)9(8-11(15)16)13-7-5-4-6-10(13)14/h9H,4-8H2,1-3H3,(H,15,16). The van der Waals surface area contributed by atoms with E-state index in [-0.39, 0.29) is 23.8 Å². The number of piperidine rings is 1. The van der Waals surface area contributed by atoms with E-state index < -0.39 is 5.97 Å². The van der Waals surface area contributed by atoms with Crippen molar-refractivity contribution in [2.24, 2.45) is 5.41 Å². The Kier molecular flexibility index (Phi) is 3.94. The van der Waals surface area contributed by atoms with Crippen molar-refractivity contribution >= 4 is 11.9 Å². The van der Waals surface area contributed by atoms with Gasteiger partial charge in [-0.1, -0.05) is 20.8 Å². The zero-order valence-electron chi connectivity index (χ0n) is 10.3. The van der Waals surface area contributed by atoms with Gasteiger partial charge in [0.1, 0.15) is 0 Å². The van der Waals surface area contributed by atoms with Crippen molar-refractivity contribution in [3.8, 4) is 0 Å². The summed E-state index contributed by atoms with van der Waals surface area (Å²) in [5.74, 6) is -0.731. The predicted octanol–water partition coefficient (Wildman–Crippen LogP) is 1.89. The molecule has 1 N–H and O–H groups in total. The second-order valence-electron chi connectivity index (χ2n) is 5.52. The van der Waals surface area contributed by atoms with Gasteiger partial charge >= 0.3 is 5.97 Å². The number of carbonyl (C=O) groups excluding carboxylic acids is 1. The maximum absolute atomic E-state index is 11.8. The van der Waals surface area contributed by atoms with Crippen LogP contribution in [0.25, 0.3) is 0 Å². The van der Waals surface area contributed by atoms with E-state index in [1.165, 1.54) is 0 Å². The number of aliphatic carboxylic acids is 1. The molecule has 0 spiro atoms. The molecule has 0 aromatic carbocycles. The number of carboxylic acids is 1. The van der Waals surface area contributed by atoms with Crippen LogP contribution in [0.1, 0.15) is 46.5 Å². The van der Waals surface area contributed by atoms with Crippen molar-refractivity contribution < 1.29 is 14.7 Å². The molecular formula is C12H21NO3. The molecule has 0 aromatic heterocycles. The highest BCUT2D eigenvalue weighted by Crippen LogP contribution is 2.29. The molecule has 1 saturated heterocycles. The fourth-order valence-electron chi connectivity index (χ4n) is 2.21. The number of hydrogen-bond donors (Lipinski definition) is 1. The first-order valence-electron chi connectivity index (χ1n) is 5.83. The average molecular weight is 227 g/mol. The lowest BCUT2D eigenvalue weighted by atomic mass is 9.82. The van der Waals surface area contributed by atoms with Crippen LogP contribution in [0.2, 0.25) is 0 Å². The molecule has 0 aromatic rings.